The third-order valence-electron chi connectivity index (χ3n) is 4.29. The monoisotopic (exact) mass is 269 g/mol. The molecular weight excluding hydrogens is 246 g/mol. The van der Waals surface area contributed by atoms with Gasteiger partial charge in [-0.2, -0.15) is 0 Å². The van der Waals surface area contributed by atoms with Crippen molar-refractivity contribution < 1.29 is 0 Å². The van der Waals surface area contributed by atoms with Crippen LogP contribution in [0, 0.1) is 6.92 Å². The fourth-order valence-electron chi connectivity index (χ4n) is 3.18. The lowest BCUT2D eigenvalue weighted by molar-refractivity contribution is 0.136. The molecule has 2 unspecified atom stereocenters. The average molecular weight is 269 g/mol. The normalized spacial score (nSPS) is 23.9. The molecule has 2 heterocycles. The molecule has 0 aliphatic carbocycles. The Hall–Kier alpha value is -1.61. The van der Waals surface area contributed by atoms with Crippen LogP contribution in [0.3, 0.4) is 0 Å². The van der Waals surface area contributed by atoms with Crippen LogP contribution in [0.15, 0.2) is 30.3 Å². The lowest BCUT2D eigenvalue weighted by atomic mass is 10.00. The van der Waals surface area contributed by atoms with Crippen LogP contribution >= 0.6 is 0 Å². The van der Waals surface area contributed by atoms with Crippen LogP contribution in [-0.4, -0.2) is 22.1 Å². The Bertz CT molecular complexity index is 598. The van der Waals surface area contributed by atoms with E-state index in [2.05, 4.69) is 60.5 Å². The summed E-state index contributed by atoms with van der Waals surface area (Å²) in [6.45, 7) is 6.67. The highest BCUT2D eigenvalue weighted by atomic mass is 15.5. The van der Waals surface area contributed by atoms with Gasteiger partial charge in [-0.25, -0.2) is 5.01 Å². The predicted octanol–water partition coefficient (Wildman–Crippen LogP) is 4.13. The number of anilines is 1. The molecule has 1 aliphatic heterocycles. The van der Waals surface area contributed by atoms with E-state index in [4.69, 9.17) is 0 Å². The van der Waals surface area contributed by atoms with Gasteiger partial charge in [-0.15, -0.1) is 0 Å². The second kappa shape index (κ2) is 5.41. The first kappa shape index (κ1) is 13.4. The van der Waals surface area contributed by atoms with Crippen molar-refractivity contribution in [3.8, 4) is 0 Å². The van der Waals surface area contributed by atoms with E-state index in [1.807, 2.05) is 6.07 Å². The third kappa shape index (κ3) is 2.50. The van der Waals surface area contributed by atoms with Crippen LogP contribution in [0.2, 0.25) is 0 Å². The summed E-state index contributed by atoms with van der Waals surface area (Å²) < 4.78 is 0. The van der Waals surface area contributed by atoms with Crippen molar-refractivity contribution in [1.29, 1.82) is 0 Å². The molecule has 0 radical (unpaired) electrons. The molecule has 1 fully saturated rings. The summed E-state index contributed by atoms with van der Waals surface area (Å²) in [5, 5.41) is 3.60. The van der Waals surface area contributed by atoms with E-state index in [0.29, 0.717) is 12.1 Å². The molecule has 1 aromatic carbocycles. The fourth-order valence-corrected chi connectivity index (χ4v) is 3.18. The van der Waals surface area contributed by atoms with Gasteiger partial charge in [0.15, 0.2) is 0 Å². The van der Waals surface area contributed by atoms with Crippen molar-refractivity contribution in [2.75, 3.05) is 5.43 Å². The summed E-state index contributed by atoms with van der Waals surface area (Å²) in [4.78, 5) is 4.61. The molecule has 1 aromatic heterocycles. The Balaban J connectivity index is 1.97. The summed E-state index contributed by atoms with van der Waals surface area (Å²) in [5.74, 6) is 0. The van der Waals surface area contributed by atoms with E-state index in [1.54, 1.807) is 0 Å². The molecule has 3 nitrogen and oxygen atoms in total. The molecule has 1 saturated heterocycles. The molecule has 0 bridgehead atoms. The highest BCUT2D eigenvalue weighted by molar-refractivity contribution is 5.91. The van der Waals surface area contributed by atoms with Crippen LogP contribution in [0.25, 0.3) is 10.9 Å². The molecule has 20 heavy (non-hydrogen) atoms. The largest absolute Gasteiger partial charge is 0.318 e. The lowest BCUT2D eigenvalue weighted by Crippen LogP contribution is -2.47. The number of fused-ring (bicyclic) bond motifs is 1. The van der Waals surface area contributed by atoms with E-state index < -0.39 is 0 Å². The molecule has 2 aromatic rings. The van der Waals surface area contributed by atoms with Crippen molar-refractivity contribution in [1.82, 2.24) is 9.99 Å². The Morgan fingerprint density at radius 3 is 2.60 bits per heavy atom. The van der Waals surface area contributed by atoms with E-state index in [-0.39, 0.29) is 0 Å². The number of para-hydroxylation sites is 1. The minimum Gasteiger partial charge on any atom is -0.318 e. The number of hydrogen-bond acceptors (Lipinski definition) is 3. The predicted molar refractivity (Wildman–Crippen MR) is 84.7 cm³/mol. The van der Waals surface area contributed by atoms with Gasteiger partial charge in [-0.3, -0.25) is 4.98 Å². The number of piperidine rings is 1. The Kier molecular flexibility index (Phi) is 3.62. The lowest BCUT2D eigenvalue weighted by Gasteiger charge is -2.39. The number of aromatic nitrogens is 1. The van der Waals surface area contributed by atoms with Crippen LogP contribution < -0.4 is 5.43 Å². The van der Waals surface area contributed by atoms with E-state index in [1.165, 1.54) is 30.3 Å². The number of aryl methyl sites for hydroxylation is 1. The van der Waals surface area contributed by atoms with Gasteiger partial charge in [0.25, 0.3) is 0 Å². The molecule has 3 heteroatoms. The fraction of sp³-hybridized carbons (Fsp3) is 0.471. The zero-order valence-electron chi connectivity index (χ0n) is 12.6. The molecule has 1 aliphatic rings. The highest BCUT2D eigenvalue weighted by Crippen LogP contribution is 2.27. The van der Waals surface area contributed by atoms with Gasteiger partial charge in [-0.05, 0) is 45.7 Å². The summed E-state index contributed by atoms with van der Waals surface area (Å²) in [6, 6.07) is 11.6. The first-order chi connectivity index (χ1) is 9.65. The van der Waals surface area contributed by atoms with Crippen molar-refractivity contribution in [3.63, 3.8) is 0 Å². The number of hydrazine groups is 1. The number of rotatable bonds is 2. The molecule has 3 rings (SSSR count). The van der Waals surface area contributed by atoms with Crippen molar-refractivity contribution in [3.05, 3.63) is 36.0 Å². The van der Waals surface area contributed by atoms with Gasteiger partial charge in [0, 0.05) is 23.2 Å². The zero-order valence-corrected chi connectivity index (χ0v) is 12.6. The minimum atomic E-state index is 0.575. The number of nitrogens with one attached hydrogen (secondary N) is 1. The minimum absolute atomic E-state index is 0.575. The number of benzene rings is 1. The Labute approximate surface area is 121 Å². The summed E-state index contributed by atoms with van der Waals surface area (Å²) in [7, 11) is 0. The molecule has 0 spiro atoms. The standard InChI is InChI=1S/C17H23N3/c1-12-11-17(15-9-4-5-10-16(15)18-12)19-20-13(2)7-6-8-14(20)3/h4-5,9-11,13-14H,6-8H2,1-3H3,(H,18,19). The van der Waals surface area contributed by atoms with E-state index in [9.17, 15) is 0 Å². The van der Waals surface area contributed by atoms with Gasteiger partial charge < -0.3 is 5.43 Å². The topological polar surface area (TPSA) is 28.2 Å². The van der Waals surface area contributed by atoms with E-state index in [0.717, 1.165) is 11.2 Å². The van der Waals surface area contributed by atoms with Crippen LogP contribution in [0.4, 0.5) is 5.69 Å². The third-order valence-corrected chi connectivity index (χ3v) is 4.29. The molecule has 0 saturated carbocycles. The molecule has 2 atom stereocenters. The zero-order chi connectivity index (χ0) is 14.1. The smallest absolute Gasteiger partial charge is 0.0726 e. The number of nitrogens with zero attached hydrogens (tertiary/aromatic N) is 2. The Morgan fingerprint density at radius 1 is 1.15 bits per heavy atom. The number of hydrogen-bond donors (Lipinski definition) is 1. The van der Waals surface area contributed by atoms with Gasteiger partial charge in [0.05, 0.1) is 11.2 Å². The first-order valence-corrected chi connectivity index (χ1v) is 7.56. The van der Waals surface area contributed by atoms with E-state index >= 15 is 0 Å². The van der Waals surface area contributed by atoms with Gasteiger partial charge in [0.1, 0.15) is 0 Å². The molecular formula is C17H23N3. The first-order valence-electron chi connectivity index (χ1n) is 7.56. The SMILES string of the molecule is Cc1cc(NN2C(C)CCCC2C)c2ccccc2n1. The number of pyridine rings is 1. The maximum absolute atomic E-state index is 4.61. The second-order valence-electron chi connectivity index (χ2n) is 5.98. The van der Waals surface area contributed by atoms with Crippen molar-refractivity contribution in [2.45, 2.75) is 52.1 Å². The molecule has 0 amide bonds. The summed E-state index contributed by atoms with van der Waals surface area (Å²) in [5.41, 5.74) is 6.95. The van der Waals surface area contributed by atoms with Crippen molar-refractivity contribution in [2.24, 2.45) is 0 Å². The van der Waals surface area contributed by atoms with Gasteiger partial charge in [0.2, 0.25) is 0 Å². The summed E-state index contributed by atoms with van der Waals surface area (Å²) >= 11 is 0. The average Bonchev–Trinajstić information content (AvgIpc) is 2.42. The second-order valence-corrected chi connectivity index (χ2v) is 5.98. The van der Waals surface area contributed by atoms with Crippen molar-refractivity contribution >= 4 is 16.6 Å². The highest BCUT2D eigenvalue weighted by Gasteiger charge is 2.25. The maximum Gasteiger partial charge on any atom is 0.0726 e. The van der Waals surface area contributed by atoms with Gasteiger partial charge >= 0.3 is 0 Å². The van der Waals surface area contributed by atoms with Gasteiger partial charge in [-0.1, -0.05) is 24.6 Å². The molecule has 106 valence electrons. The quantitative estimate of drug-likeness (QED) is 0.888. The Morgan fingerprint density at radius 2 is 1.85 bits per heavy atom. The maximum atomic E-state index is 4.61. The van der Waals surface area contributed by atoms with Crippen LogP contribution in [0.1, 0.15) is 38.8 Å². The summed E-state index contributed by atoms with van der Waals surface area (Å²) in [6.07, 6.45) is 3.86. The van der Waals surface area contributed by atoms with Crippen LogP contribution in [0.5, 0.6) is 0 Å². The van der Waals surface area contributed by atoms with Crippen LogP contribution in [-0.2, 0) is 0 Å². The molecule has 1 N–H and O–H groups in total.